The molecule has 0 aromatic heterocycles. The van der Waals surface area contributed by atoms with Crippen LogP contribution in [0.5, 0.6) is 5.75 Å². The van der Waals surface area contributed by atoms with E-state index in [1.165, 1.54) is 12.8 Å². The van der Waals surface area contributed by atoms with E-state index >= 15 is 0 Å². The number of carbonyl (C=O) groups excluding carboxylic acids is 1. The molecule has 1 atom stereocenters. The predicted octanol–water partition coefficient (Wildman–Crippen LogP) is 2.05. The lowest BCUT2D eigenvalue weighted by Gasteiger charge is -2.12. The Morgan fingerprint density at radius 1 is 1.35 bits per heavy atom. The van der Waals surface area contributed by atoms with Gasteiger partial charge in [-0.2, -0.15) is 0 Å². The molecule has 1 aliphatic carbocycles. The fourth-order valence-electron chi connectivity index (χ4n) is 2.55. The van der Waals surface area contributed by atoms with Crippen LogP contribution in [0.4, 0.5) is 0 Å². The first-order valence-electron chi connectivity index (χ1n) is 7.32. The molecule has 20 heavy (non-hydrogen) atoms. The van der Waals surface area contributed by atoms with Gasteiger partial charge in [-0.05, 0) is 43.9 Å². The molecule has 1 aliphatic rings. The molecule has 0 heterocycles. The van der Waals surface area contributed by atoms with Gasteiger partial charge in [-0.25, -0.2) is 0 Å². The number of rotatable bonds is 6. The van der Waals surface area contributed by atoms with Crippen molar-refractivity contribution in [2.24, 2.45) is 0 Å². The maximum Gasteiger partial charge on any atom is 0.258 e. The molecule has 4 heteroatoms. The molecule has 2 N–H and O–H groups in total. The molecule has 1 fully saturated rings. The maximum atomic E-state index is 11.7. The summed E-state index contributed by atoms with van der Waals surface area (Å²) in [6.45, 7) is 1.82. The van der Waals surface area contributed by atoms with Crippen LogP contribution in [0.25, 0.3) is 0 Å². The molecule has 0 saturated heterocycles. The van der Waals surface area contributed by atoms with Gasteiger partial charge in [0.05, 0.1) is 6.10 Å². The van der Waals surface area contributed by atoms with Crippen LogP contribution >= 0.6 is 0 Å². The van der Waals surface area contributed by atoms with E-state index in [9.17, 15) is 9.90 Å². The molecule has 1 saturated carbocycles. The zero-order valence-electron chi connectivity index (χ0n) is 12.0. The van der Waals surface area contributed by atoms with Crippen molar-refractivity contribution in [1.29, 1.82) is 0 Å². The number of carbonyl (C=O) groups is 1. The Kier molecular flexibility index (Phi) is 5.41. The third-order valence-corrected chi connectivity index (χ3v) is 3.54. The lowest BCUT2D eigenvalue weighted by Crippen LogP contribution is -2.36. The zero-order chi connectivity index (χ0) is 14.4. The molecule has 1 unspecified atom stereocenters. The van der Waals surface area contributed by atoms with Crippen LogP contribution in [0.1, 0.15) is 38.2 Å². The summed E-state index contributed by atoms with van der Waals surface area (Å²) in [5.41, 5.74) is 1.06. The highest BCUT2D eigenvalue weighted by Crippen LogP contribution is 2.17. The molecular weight excluding hydrogens is 254 g/mol. The molecule has 0 aliphatic heterocycles. The second-order valence-electron chi connectivity index (χ2n) is 5.53. The van der Waals surface area contributed by atoms with Crippen LogP contribution in [0.15, 0.2) is 24.3 Å². The second kappa shape index (κ2) is 7.29. The van der Waals surface area contributed by atoms with Crippen LogP contribution in [-0.2, 0) is 11.2 Å². The van der Waals surface area contributed by atoms with E-state index in [1.807, 2.05) is 24.3 Å². The van der Waals surface area contributed by atoms with Crippen LogP contribution in [-0.4, -0.2) is 29.8 Å². The van der Waals surface area contributed by atoms with Gasteiger partial charge in [-0.15, -0.1) is 0 Å². The Bertz CT molecular complexity index is 422. The van der Waals surface area contributed by atoms with Gasteiger partial charge in [-0.3, -0.25) is 4.79 Å². The van der Waals surface area contributed by atoms with Crippen molar-refractivity contribution in [3.05, 3.63) is 29.8 Å². The van der Waals surface area contributed by atoms with E-state index in [0.29, 0.717) is 18.2 Å². The second-order valence-corrected chi connectivity index (χ2v) is 5.53. The largest absolute Gasteiger partial charge is 0.484 e. The van der Waals surface area contributed by atoms with Gasteiger partial charge in [0.1, 0.15) is 5.75 Å². The summed E-state index contributed by atoms with van der Waals surface area (Å²) < 4.78 is 5.46. The Hall–Kier alpha value is -1.55. The maximum absolute atomic E-state index is 11.7. The monoisotopic (exact) mass is 277 g/mol. The highest BCUT2D eigenvalue weighted by Gasteiger charge is 2.17. The number of ether oxygens (including phenoxy) is 1. The summed E-state index contributed by atoms with van der Waals surface area (Å²) in [6, 6.07) is 7.83. The smallest absolute Gasteiger partial charge is 0.258 e. The van der Waals surface area contributed by atoms with E-state index < -0.39 is 0 Å². The van der Waals surface area contributed by atoms with Crippen molar-refractivity contribution in [2.45, 2.75) is 51.2 Å². The molecular formula is C16H23NO3. The number of aliphatic hydroxyl groups excluding tert-OH is 1. The molecule has 0 radical (unpaired) electrons. The number of benzene rings is 1. The van der Waals surface area contributed by atoms with Crippen LogP contribution < -0.4 is 10.1 Å². The quantitative estimate of drug-likeness (QED) is 0.836. The fraction of sp³-hybridized carbons (Fsp3) is 0.562. The standard InChI is InChI=1S/C16H23NO3/c1-12(18)10-13-6-8-15(9-7-13)20-11-16(19)17-14-4-2-3-5-14/h6-9,12,14,18H,2-5,10-11H2,1H3,(H,17,19). The first kappa shape index (κ1) is 14.9. The van der Waals surface area contributed by atoms with Crippen molar-refractivity contribution in [3.8, 4) is 5.75 Å². The van der Waals surface area contributed by atoms with E-state index in [2.05, 4.69) is 5.32 Å². The van der Waals surface area contributed by atoms with Gasteiger partial charge in [0, 0.05) is 6.04 Å². The van der Waals surface area contributed by atoms with Gasteiger partial charge < -0.3 is 15.2 Å². The predicted molar refractivity (Wildman–Crippen MR) is 77.7 cm³/mol. The van der Waals surface area contributed by atoms with Gasteiger partial charge in [-0.1, -0.05) is 25.0 Å². The minimum Gasteiger partial charge on any atom is -0.484 e. The normalized spacial score (nSPS) is 16.9. The third-order valence-electron chi connectivity index (χ3n) is 3.54. The van der Waals surface area contributed by atoms with Crippen molar-refractivity contribution in [1.82, 2.24) is 5.32 Å². The lowest BCUT2D eigenvalue weighted by molar-refractivity contribution is -0.123. The Balaban J connectivity index is 1.74. The molecule has 1 amide bonds. The van der Waals surface area contributed by atoms with E-state index in [4.69, 9.17) is 4.74 Å². The van der Waals surface area contributed by atoms with E-state index in [-0.39, 0.29) is 18.6 Å². The van der Waals surface area contributed by atoms with Crippen LogP contribution in [0, 0.1) is 0 Å². The summed E-state index contributed by atoms with van der Waals surface area (Å²) >= 11 is 0. The highest BCUT2D eigenvalue weighted by molar-refractivity contribution is 5.77. The van der Waals surface area contributed by atoms with Gasteiger partial charge >= 0.3 is 0 Å². The van der Waals surface area contributed by atoms with Gasteiger partial charge in [0.15, 0.2) is 6.61 Å². The molecule has 1 aromatic rings. The Morgan fingerprint density at radius 3 is 2.60 bits per heavy atom. The average Bonchev–Trinajstić information content (AvgIpc) is 2.90. The number of hydrogen-bond donors (Lipinski definition) is 2. The molecule has 0 bridgehead atoms. The minimum absolute atomic E-state index is 0.0510. The summed E-state index contributed by atoms with van der Waals surface area (Å²) in [4.78, 5) is 11.7. The summed E-state index contributed by atoms with van der Waals surface area (Å²) in [6.07, 6.45) is 4.86. The van der Waals surface area contributed by atoms with Crippen molar-refractivity contribution in [3.63, 3.8) is 0 Å². The summed E-state index contributed by atoms with van der Waals surface area (Å²) in [7, 11) is 0. The summed E-state index contributed by atoms with van der Waals surface area (Å²) in [5.74, 6) is 0.630. The van der Waals surface area contributed by atoms with Crippen molar-refractivity contribution < 1.29 is 14.6 Å². The summed E-state index contributed by atoms with van der Waals surface area (Å²) in [5, 5.41) is 12.3. The minimum atomic E-state index is -0.348. The number of amides is 1. The molecule has 1 aromatic carbocycles. The Morgan fingerprint density at radius 2 is 2.00 bits per heavy atom. The first-order valence-corrected chi connectivity index (χ1v) is 7.32. The van der Waals surface area contributed by atoms with E-state index in [0.717, 1.165) is 18.4 Å². The first-order chi connectivity index (χ1) is 9.63. The van der Waals surface area contributed by atoms with Crippen molar-refractivity contribution >= 4 is 5.91 Å². The molecule has 4 nitrogen and oxygen atoms in total. The third kappa shape index (κ3) is 4.85. The van der Waals surface area contributed by atoms with Crippen LogP contribution in [0.2, 0.25) is 0 Å². The molecule has 0 spiro atoms. The van der Waals surface area contributed by atoms with E-state index in [1.54, 1.807) is 6.92 Å². The number of hydrogen-bond acceptors (Lipinski definition) is 3. The topological polar surface area (TPSA) is 58.6 Å². The van der Waals surface area contributed by atoms with Crippen LogP contribution in [0.3, 0.4) is 0 Å². The zero-order valence-corrected chi connectivity index (χ0v) is 12.0. The number of nitrogens with one attached hydrogen (secondary N) is 1. The fourth-order valence-corrected chi connectivity index (χ4v) is 2.55. The van der Waals surface area contributed by atoms with Gasteiger partial charge in [0.25, 0.3) is 5.91 Å². The number of aliphatic hydroxyl groups is 1. The molecule has 2 rings (SSSR count). The average molecular weight is 277 g/mol. The highest BCUT2D eigenvalue weighted by atomic mass is 16.5. The lowest BCUT2D eigenvalue weighted by atomic mass is 10.1. The molecule has 110 valence electrons. The SMILES string of the molecule is CC(O)Cc1ccc(OCC(=O)NC2CCCC2)cc1. The Labute approximate surface area is 120 Å². The van der Waals surface area contributed by atoms with Gasteiger partial charge in [0.2, 0.25) is 0 Å². The van der Waals surface area contributed by atoms with Crippen molar-refractivity contribution in [2.75, 3.05) is 6.61 Å².